The zero-order valence-corrected chi connectivity index (χ0v) is 18.0. The first kappa shape index (κ1) is 22.9. The summed E-state index contributed by atoms with van der Waals surface area (Å²) in [4.78, 5) is 12.6. The van der Waals surface area contributed by atoms with Gasteiger partial charge in [0.1, 0.15) is 0 Å². The van der Waals surface area contributed by atoms with E-state index >= 15 is 0 Å². The van der Waals surface area contributed by atoms with E-state index in [2.05, 4.69) is 10.5 Å². The highest BCUT2D eigenvalue weighted by molar-refractivity contribution is 5.96. The Morgan fingerprint density at radius 2 is 1.47 bits per heavy atom. The fourth-order valence-electron chi connectivity index (χ4n) is 2.68. The monoisotopic (exact) mass is 416 g/mol. The van der Waals surface area contributed by atoms with E-state index in [4.69, 9.17) is 23.7 Å². The van der Waals surface area contributed by atoms with Crippen molar-refractivity contribution in [1.82, 2.24) is 5.43 Å². The number of nitrogens with zero attached hydrogens (tertiary/aromatic N) is 1. The molecule has 0 aliphatic rings. The fourth-order valence-corrected chi connectivity index (χ4v) is 2.68. The Labute approximate surface area is 176 Å². The molecular weight excluding hydrogens is 388 g/mol. The van der Waals surface area contributed by atoms with Gasteiger partial charge in [0.2, 0.25) is 5.75 Å². The molecule has 0 saturated carbocycles. The normalized spacial score (nSPS) is 10.6. The number of carbonyl (C=O) groups excluding carboxylic acids is 1. The Kier molecular flexibility index (Phi) is 8.80. The highest BCUT2D eigenvalue weighted by atomic mass is 16.5. The van der Waals surface area contributed by atoms with E-state index in [1.165, 1.54) is 6.21 Å². The topological polar surface area (TPSA) is 87.6 Å². The molecule has 2 rings (SSSR count). The van der Waals surface area contributed by atoms with Crippen LogP contribution >= 0.6 is 0 Å². The van der Waals surface area contributed by atoms with Crippen molar-refractivity contribution >= 4 is 12.1 Å². The SMILES string of the molecule is CCOc1cc(C(=O)N/N=C\c2ccc(OC)c(OC)c2)cc(OCC)c1OCC. The number of hydrazone groups is 1. The summed E-state index contributed by atoms with van der Waals surface area (Å²) >= 11 is 0. The lowest BCUT2D eigenvalue weighted by molar-refractivity contribution is 0.0954. The van der Waals surface area contributed by atoms with E-state index < -0.39 is 5.91 Å². The molecule has 8 heteroatoms. The average molecular weight is 416 g/mol. The van der Waals surface area contributed by atoms with Crippen molar-refractivity contribution in [2.75, 3.05) is 34.0 Å². The van der Waals surface area contributed by atoms with Crippen molar-refractivity contribution in [3.05, 3.63) is 41.5 Å². The van der Waals surface area contributed by atoms with E-state index in [1.807, 2.05) is 20.8 Å². The zero-order chi connectivity index (χ0) is 21.9. The predicted molar refractivity (Wildman–Crippen MR) is 115 cm³/mol. The molecule has 0 saturated heterocycles. The minimum absolute atomic E-state index is 0.342. The maximum atomic E-state index is 12.6. The fraction of sp³-hybridized carbons (Fsp3) is 0.364. The lowest BCUT2D eigenvalue weighted by atomic mass is 10.1. The Morgan fingerprint density at radius 3 is 2.00 bits per heavy atom. The van der Waals surface area contributed by atoms with Gasteiger partial charge in [0, 0.05) is 5.56 Å². The molecule has 0 aliphatic carbocycles. The predicted octanol–water partition coefficient (Wildman–Crippen LogP) is 3.66. The lowest BCUT2D eigenvalue weighted by Crippen LogP contribution is -2.18. The molecule has 0 spiro atoms. The molecule has 0 aromatic heterocycles. The quantitative estimate of drug-likeness (QED) is 0.444. The van der Waals surface area contributed by atoms with Crippen molar-refractivity contribution in [2.24, 2.45) is 5.10 Å². The summed E-state index contributed by atoms with van der Waals surface area (Å²) in [7, 11) is 3.12. The Hall–Kier alpha value is -3.42. The van der Waals surface area contributed by atoms with Crippen molar-refractivity contribution < 1.29 is 28.5 Å². The lowest BCUT2D eigenvalue weighted by Gasteiger charge is -2.16. The third kappa shape index (κ3) is 5.79. The van der Waals surface area contributed by atoms with Crippen LogP contribution in [0.5, 0.6) is 28.7 Å². The van der Waals surface area contributed by atoms with E-state index in [0.29, 0.717) is 54.1 Å². The molecule has 0 bridgehead atoms. The second-order valence-corrected chi connectivity index (χ2v) is 5.91. The summed E-state index contributed by atoms with van der Waals surface area (Å²) in [5.41, 5.74) is 3.59. The summed E-state index contributed by atoms with van der Waals surface area (Å²) < 4.78 is 27.4. The van der Waals surface area contributed by atoms with Crippen molar-refractivity contribution in [3.63, 3.8) is 0 Å². The van der Waals surface area contributed by atoms with Gasteiger partial charge >= 0.3 is 0 Å². The van der Waals surface area contributed by atoms with Crippen LogP contribution in [0.2, 0.25) is 0 Å². The van der Waals surface area contributed by atoms with Gasteiger partial charge in [-0.2, -0.15) is 5.10 Å². The molecule has 0 radical (unpaired) electrons. The van der Waals surface area contributed by atoms with Crippen LogP contribution in [-0.2, 0) is 0 Å². The molecule has 0 aliphatic heterocycles. The highest BCUT2D eigenvalue weighted by Crippen LogP contribution is 2.39. The minimum atomic E-state index is -0.406. The highest BCUT2D eigenvalue weighted by Gasteiger charge is 2.18. The van der Waals surface area contributed by atoms with Gasteiger partial charge in [-0.25, -0.2) is 5.43 Å². The van der Waals surface area contributed by atoms with Gasteiger partial charge in [-0.3, -0.25) is 4.79 Å². The summed E-state index contributed by atoms with van der Waals surface area (Å²) in [5, 5.41) is 4.03. The number of hydrogen-bond acceptors (Lipinski definition) is 7. The van der Waals surface area contributed by atoms with Crippen LogP contribution in [0, 0.1) is 0 Å². The van der Waals surface area contributed by atoms with Gasteiger partial charge in [0.05, 0.1) is 40.3 Å². The molecule has 0 atom stereocenters. The van der Waals surface area contributed by atoms with Gasteiger partial charge in [-0.1, -0.05) is 0 Å². The number of hydrogen-bond donors (Lipinski definition) is 1. The summed E-state index contributed by atoms with van der Waals surface area (Å²) in [5.74, 6) is 2.14. The number of methoxy groups -OCH3 is 2. The third-order valence-corrected chi connectivity index (χ3v) is 3.96. The molecule has 8 nitrogen and oxygen atoms in total. The molecule has 0 heterocycles. The van der Waals surface area contributed by atoms with Gasteiger partial charge in [-0.15, -0.1) is 0 Å². The van der Waals surface area contributed by atoms with E-state index in [-0.39, 0.29) is 0 Å². The van der Waals surface area contributed by atoms with Crippen LogP contribution in [0.25, 0.3) is 0 Å². The number of nitrogens with one attached hydrogen (secondary N) is 1. The number of carbonyl (C=O) groups is 1. The van der Waals surface area contributed by atoms with Crippen molar-refractivity contribution in [3.8, 4) is 28.7 Å². The van der Waals surface area contributed by atoms with Gasteiger partial charge in [-0.05, 0) is 56.7 Å². The molecule has 1 amide bonds. The summed E-state index contributed by atoms with van der Waals surface area (Å²) in [6, 6.07) is 8.54. The largest absolute Gasteiger partial charge is 0.493 e. The Morgan fingerprint density at radius 1 is 0.867 bits per heavy atom. The van der Waals surface area contributed by atoms with E-state index in [1.54, 1.807) is 44.6 Å². The maximum Gasteiger partial charge on any atom is 0.271 e. The average Bonchev–Trinajstić information content (AvgIpc) is 2.75. The number of benzene rings is 2. The van der Waals surface area contributed by atoms with Crippen LogP contribution < -0.4 is 29.1 Å². The van der Waals surface area contributed by atoms with Crippen LogP contribution in [-0.4, -0.2) is 46.2 Å². The van der Waals surface area contributed by atoms with Crippen molar-refractivity contribution in [1.29, 1.82) is 0 Å². The van der Waals surface area contributed by atoms with Gasteiger partial charge < -0.3 is 23.7 Å². The second kappa shape index (κ2) is 11.5. The molecule has 0 unspecified atom stereocenters. The van der Waals surface area contributed by atoms with Gasteiger partial charge in [0.25, 0.3) is 5.91 Å². The van der Waals surface area contributed by atoms with E-state index in [0.717, 1.165) is 5.56 Å². The Balaban J connectivity index is 2.22. The van der Waals surface area contributed by atoms with Crippen LogP contribution in [0.1, 0.15) is 36.7 Å². The molecule has 0 fully saturated rings. The Bertz CT molecular complexity index is 855. The number of rotatable bonds is 11. The molecule has 162 valence electrons. The molecular formula is C22H28N2O6. The standard InChI is InChI=1S/C22H28N2O6/c1-6-28-19-12-16(13-20(29-7-2)21(19)30-8-3)22(25)24-23-14-15-9-10-17(26-4)18(11-15)27-5/h9-14H,6-8H2,1-5H3,(H,24,25)/b23-14-. The van der Waals surface area contributed by atoms with Gasteiger partial charge in [0.15, 0.2) is 23.0 Å². The minimum Gasteiger partial charge on any atom is -0.493 e. The van der Waals surface area contributed by atoms with Crippen LogP contribution in [0.3, 0.4) is 0 Å². The molecule has 1 N–H and O–H groups in total. The first-order valence-corrected chi connectivity index (χ1v) is 9.69. The van der Waals surface area contributed by atoms with E-state index in [9.17, 15) is 4.79 Å². The molecule has 30 heavy (non-hydrogen) atoms. The van der Waals surface area contributed by atoms with Crippen LogP contribution in [0.15, 0.2) is 35.4 Å². The maximum absolute atomic E-state index is 12.6. The molecule has 2 aromatic carbocycles. The molecule has 2 aromatic rings. The van der Waals surface area contributed by atoms with Crippen molar-refractivity contribution in [2.45, 2.75) is 20.8 Å². The third-order valence-electron chi connectivity index (χ3n) is 3.96. The zero-order valence-electron chi connectivity index (χ0n) is 18.0. The summed E-state index contributed by atoms with van der Waals surface area (Å²) in [6.07, 6.45) is 1.52. The number of amides is 1. The first-order valence-electron chi connectivity index (χ1n) is 9.69. The smallest absolute Gasteiger partial charge is 0.271 e. The summed E-state index contributed by atoms with van der Waals surface area (Å²) in [6.45, 7) is 6.88. The first-order chi connectivity index (χ1) is 14.6. The number of ether oxygens (including phenoxy) is 5. The van der Waals surface area contributed by atoms with Crippen LogP contribution in [0.4, 0.5) is 0 Å². The second-order valence-electron chi connectivity index (χ2n) is 5.91.